The van der Waals surface area contributed by atoms with Crippen LogP contribution in [0.15, 0.2) is 24.3 Å². The van der Waals surface area contributed by atoms with Crippen LogP contribution in [0.1, 0.15) is 23.7 Å². The van der Waals surface area contributed by atoms with Gasteiger partial charge in [0.25, 0.3) is 5.91 Å². The SMILES string of the molecule is CC(O)CCN(C)C(=O)CNC(=O)c1ccc(Cl)cc1. The fourth-order valence-electron chi connectivity index (χ4n) is 1.50. The highest BCUT2D eigenvalue weighted by molar-refractivity contribution is 6.30. The zero-order valence-electron chi connectivity index (χ0n) is 11.6. The Bertz CT molecular complexity index is 460. The molecular formula is C14H19ClN2O3. The van der Waals surface area contributed by atoms with E-state index in [4.69, 9.17) is 16.7 Å². The van der Waals surface area contributed by atoms with Crippen LogP contribution in [0.25, 0.3) is 0 Å². The number of benzene rings is 1. The van der Waals surface area contributed by atoms with Crippen molar-refractivity contribution >= 4 is 23.4 Å². The molecule has 20 heavy (non-hydrogen) atoms. The van der Waals surface area contributed by atoms with Crippen molar-refractivity contribution in [1.82, 2.24) is 10.2 Å². The number of likely N-dealkylation sites (N-methyl/N-ethyl adjacent to an activating group) is 1. The largest absolute Gasteiger partial charge is 0.393 e. The smallest absolute Gasteiger partial charge is 0.251 e. The van der Waals surface area contributed by atoms with Gasteiger partial charge in [0.2, 0.25) is 5.91 Å². The molecule has 0 spiro atoms. The van der Waals surface area contributed by atoms with E-state index >= 15 is 0 Å². The molecule has 5 nitrogen and oxygen atoms in total. The molecule has 1 atom stereocenters. The first-order valence-electron chi connectivity index (χ1n) is 6.36. The van der Waals surface area contributed by atoms with Gasteiger partial charge in [0.1, 0.15) is 0 Å². The number of halogens is 1. The highest BCUT2D eigenvalue weighted by Gasteiger charge is 2.12. The minimum Gasteiger partial charge on any atom is -0.393 e. The van der Waals surface area contributed by atoms with Crippen molar-refractivity contribution in [2.24, 2.45) is 0 Å². The number of nitrogens with zero attached hydrogens (tertiary/aromatic N) is 1. The Labute approximate surface area is 123 Å². The molecule has 0 bridgehead atoms. The number of nitrogens with one attached hydrogen (secondary N) is 1. The number of aliphatic hydroxyl groups is 1. The molecule has 1 aromatic rings. The number of aliphatic hydroxyl groups excluding tert-OH is 1. The molecule has 2 N–H and O–H groups in total. The average Bonchev–Trinajstić information content (AvgIpc) is 2.42. The molecule has 1 rings (SSSR count). The standard InChI is InChI=1S/C14H19ClN2O3/c1-10(18)7-8-17(2)13(19)9-16-14(20)11-3-5-12(15)6-4-11/h3-6,10,18H,7-9H2,1-2H3,(H,16,20). The van der Waals surface area contributed by atoms with Crippen LogP contribution < -0.4 is 5.32 Å². The second-order valence-corrected chi connectivity index (χ2v) is 5.08. The third kappa shape index (κ3) is 5.59. The molecule has 0 aliphatic rings. The third-order valence-electron chi connectivity index (χ3n) is 2.81. The molecular weight excluding hydrogens is 280 g/mol. The van der Waals surface area contributed by atoms with Crippen molar-refractivity contribution in [2.45, 2.75) is 19.4 Å². The van der Waals surface area contributed by atoms with Crippen molar-refractivity contribution in [3.05, 3.63) is 34.9 Å². The summed E-state index contributed by atoms with van der Waals surface area (Å²) in [6.45, 7) is 2.05. The van der Waals surface area contributed by atoms with Crippen LogP contribution >= 0.6 is 11.6 Å². The molecule has 1 aromatic carbocycles. The van der Waals surface area contributed by atoms with Crippen LogP contribution in [0.3, 0.4) is 0 Å². The first kappa shape index (κ1) is 16.5. The van der Waals surface area contributed by atoms with Crippen molar-refractivity contribution in [2.75, 3.05) is 20.1 Å². The molecule has 0 fully saturated rings. The molecule has 1 unspecified atom stereocenters. The van der Waals surface area contributed by atoms with E-state index in [9.17, 15) is 9.59 Å². The minimum absolute atomic E-state index is 0.0717. The predicted molar refractivity (Wildman–Crippen MR) is 77.7 cm³/mol. The first-order chi connectivity index (χ1) is 9.40. The predicted octanol–water partition coefficient (Wildman–Crippen LogP) is 1.30. The molecule has 0 aromatic heterocycles. The Morgan fingerprint density at radius 1 is 1.35 bits per heavy atom. The summed E-state index contributed by atoms with van der Waals surface area (Å²) in [7, 11) is 1.64. The maximum Gasteiger partial charge on any atom is 0.251 e. The van der Waals surface area contributed by atoms with Gasteiger partial charge in [0, 0.05) is 24.2 Å². The maximum atomic E-state index is 11.8. The number of amides is 2. The number of rotatable bonds is 6. The summed E-state index contributed by atoms with van der Waals surface area (Å²) in [4.78, 5) is 25.0. The monoisotopic (exact) mass is 298 g/mol. The van der Waals surface area contributed by atoms with E-state index in [1.54, 1.807) is 38.2 Å². The van der Waals surface area contributed by atoms with E-state index in [1.165, 1.54) is 4.90 Å². The molecule has 6 heteroatoms. The van der Waals surface area contributed by atoms with Gasteiger partial charge in [-0.25, -0.2) is 0 Å². The summed E-state index contributed by atoms with van der Waals surface area (Å²) < 4.78 is 0. The normalized spacial score (nSPS) is 11.8. The lowest BCUT2D eigenvalue weighted by Gasteiger charge is -2.18. The molecule has 2 amide bonds. The fourth-order valence-corrected chi connectivity index (χ4v) is 1.63. The Kier molecular flexibility index (Phi) is 6.48. The topological polar surface area (TPSA) is 69.6 Å². The molecule has 0 aliphatic heterocycles. The van der Waals surface area contributed by atoms with Crippen molar-refractivity contribution in [3.63, 3.8) is 0 Å². The Hall–Kier alpha value is -1.59. The Balaban J connectivity index is 2.40. The summed E-state index contributed by atoms with van der Waals surface area (Å²) in [5.74, 6) is -0.521. The molecule has 0 saturated heterocycles. The van der Waals surface area contributed by atoms with Gasteiger partial charge in [-0.1, -0.05) is 11.6 Å². The summed E-state index contributed by atoms with van der Waals surface area (Å²) in [5, 5.41) is 12.3. The zero-order chi connectivity index (χ0) is 15.1. The van der Waals surface area contributed by atoms with Crippen LogP contribution in [0, 0.1) is 0 Å². The number of hydrogen-bond acceptors (Lipinski definition) is 3. The number of carbonyl (C=O) groups is 2. The molecule has 110 valence electrons. The van der Waals surface area contributed by atoms with Crippen LogP contribution in [0.4, 0.5) is 0 Å². The highest BCUT2D eigenvalue weighted by Crippen LogP contribution is 2.09. The van der Waals surface area contributed by atoms with Gasteiger partial charge in [-0.2, -0.15) is 0 Å². The zero-order valence-corrected chi connectivity index (χ0v) is 12.4. The van der Waals surface area contributed by atoms with E-state index in [-0.39, 0.29) is 18.4 Å². The van der Waals surface area contributed by atoms with E-state index < -0.39 is 6.10 Å². The van der Waals surface area contributed by atoms with Gasteiger partial charge >= 0.3 is 0 Å². The second kappa shape index (κ2) is 7.87. The second-order valence-electron chi connectivity index (χ2n) is 4.64. The maximum absolute atomic E-state index is 11.8. The lowest BCUT2D eigenvalue weighted by atomic mass is 10.2. The van der Waals surface area contributed by atoms with Crippen molar-refractivity contribution in [1.29, 1.82) is 0 Å². The van der Waals surface area contributed by atoms with E-state index in [1.807, 2.05) is 0 Å². The lowest BCUT2D eigenvalue weighted by molar-refractivity contribution is -0.129. The van der Waals surface area contributed by atoms with Gasteiger partial charge in [-0.15, -0.1) is 0 Å². The van der Waals surface area contributed by atoms with Gasteiger partial charge < -0.3 is 15.3 Å². The molecule has 0 radical (unpaired) electrons. The van der Waals surface area contributed by atoms with Gasteiger partial charge in [0.15, 0.2) is 0 Å². The van der Waals surface area contributed by atoms with Crippen molar-refractivity contribution < 1.29 is 14.7 Å². The summed E-state index contributed by atoms with van der Waals surface area (Å²) in [6.07, 6.45) is 0.0572. The number of hydrogen-bond donors (Lipinski definition) is 2. The Morgan fingerprint density at radius 2 is 1.95 bits per heavy atom. The van der Waals surface area contributed by atoms with E-state index in [0.717, 1.165) is 0 Å². The van der Waals surface area contributed by atoms with E-state index in [2.05, 4.69) is 5.32 Å². The Morgan fingerprint density at radius 3 is 2.50 bits per heavy atom. The third-order valence-corrected chi connectivity index (χ3v) is 3.07. The van der Waals surface area contributed by atoms with Crippen LogP contribution in [0.2, 0.25) is 5.02 Å². The lowest BCUT2D eigenvalue weighted by Crippen LogP contribution is -2.39. The van der Waals surface area contributed by atoms with Gasteiger partial charge in [0.05, 0.1) is 12.6 Å². The van der Waals surface area contributed by atoms with Gasteiger partial charge in [-0.05, 0) is 37.6 Å². The fraction of sp³-hybridized carbons (Fsp3) is 0.429. The highest BCUT2D eigenvalue weighted by atomic mass is 35.5. The van der Waals surface area contributed by atoms with Crippen LogP contribution in [-0.4, -0.2) is 48.1 Å². The average molecular weight is 299 g/mol. The molecule has 0 aliphatic carbocycles. The summed E-state index contributed by atoms with van der Waals surface area (Å²) in [6, 6.07) is 6.43. The molecule has 0 heterocycles. The van der Waals surface area contributed by atoms with Gasteiger partial charge in [-0.3, -0.25) is 9.59 Å². The van der Waals surface area contributed by atoms with Crippen LogP contribution in [-0.2, 0) is 4.79 Å². The molecule has 0 saturated carbocycles. The summed E-state index contributed by atoms with van der Waals surface area (Å²) >= 11 is 5.73. The summed E-state index contributed by atoms with van der Waals surface area (Å²) in [5.41, 5.74) is 0.453. The van der Waals surface area contributed by atoms with E-state index in [0.29, 0.717) is 23.6 Å². The van der Waals surface area contributed by atoms with Crippen molar-refractivity contribution in [3.8, 4) is 0 Å². The van der Waals surface area contributed by atoms with Crippen LogP contribution in [0.5, 0.6) is 0 Å². The minimum atomic E-state index is -0.450. The number of carbonyl (C=O) groups excluding carboxylic acids is 2. The first-order valence-corrected chi connectivity index (χ1v) is 6.73. The quantitative estimate of drug-likeness (QED) is 0.832.